The van der Waals surface area contributed by atoms with E-state index < -0.39 is 13.0 Å². The predicted molar refractivity (Wildman–Crippen MR) is 71.5 cm³/mol. The van der Waals surface area contributed by atoms with E-state index in [0.717, 1.165) is 19.4 Å². The van der Waals surface area contributed by atoms with Crippen molar-refractivity contribution in [2.45, 2.75) is 39.2 Å². The summed E-state index contributed by atoms with van der Waals surface area (Å²) in [5, 5.41) is 5.50. The molecule has 0 aliphatic carbocycles. The third kappa shape index (κ3) is 5.42. The highest BCUT2D eigenvalue weighted by Gasteiger charge is 2.14. The monoisotopic (exact) mass is 277 g/mol. The first-order chi connectivity index (χ1) is 8.65. The van der Waals surface area contributed by atoms with Gasteiger partial charge in [-0.2, -0.15) is 0 Å². The van der Waals surface area contributed by atoms with Crippen molar-refractivity contribution in [1.29, 1.82) is 0 Å². The number of ether oxygens (including phenoxy) is 1. The standard InChI is InChI=1S/C13H21F2NOS/c1-3-6-16-12(4-7-17-9-13(14)15)11-5-8-18-10(11)2/h5,8,12-13,16H,3-4,6-7,9H2,1-2H3. The Morgan fingerprint density at radius 3 is 2.78 bits per heavy atom. The summed E-state index contributed by atoms with van der Waals surface area (Å²) >= 11 is 1.71. The van der Waals surface area contributed by atoms with Crippen LogP contribution in [-0.4, -0.2) is 26.2 Å². The Kier molecular flexibility index (Phi) is 7.39. The third-order valence-corrected chi connectivity index (χ3v) is 3.57. The first kappa shape index (κ1) is 15.5. The molecule has 1 aromatic heterocycles. The Morgan fingerprint density at radius 1 is 1.44 bits per heavy atom. The minimum atomic E-state index is -2.38. The van der Waals surface area contributed by atoms with Gasteiger partial charge >= 0.3 is 0 Å². The molecule has 0 saturated carbocycles. The zero-order valence-corrected chi connectivity index (χ0v) is 11.7. The number of aryl methyl sites for hydroxylation is 1. The van der Waals surface area contributed by atoms with Crippen molar-refractivity contribution < 1.29 is 13.5 Å². The molecule has 0 radical (unpaired) electrons. The van der Waals surface area contributed by atoms with Crippen molar-refractivity contribution >= 4 is 11.3 Å². The van der Waals surface area contributed by atoms with Gasteiger partial charge in [-0.15, -0.1) is 11.3 Å². The lowest BCUT2D eigenvalue weighted by Gasteiger charge is -2.18. The molecule has 18 heavy (non-hydrogen) atoms. The molecule has 0 aliphatic rings. The molecule has 0 aliphatic heterocycles. The van der Waals surface area contributed by atoms with Crippen LogP contribution in [0.15, 0.2) is 11.4 Å². The zero-order valence-electron chi connectivity index (χ0n) is 10.9. The number of hydrogen-bond donors (Lipinski definition) is 1. The summed E-state index contributed by atoms with van der Waals surface area (Å²) in [6.07, 6.45) is -0.600. The van der Waals surface area contributed by atoms with Crippen LogP contribution in [0.1, 0.15) is 36.2 Å². The molecule has 1 N–H and O–H groups in total. The summed E-state index contributed by atoms with van der Waals surface area (Å²) in [6, 6.07) is 2.30. The zero-order chi connectivity index (χ0) is 13.4. The van der Waals surface area contributed by atoms with Crippen LogP contribution in [0.3, 0.4) is 0 Å². The molecule has 0 bridgehead atoms. The highest BCUT2D eigenvalue weighted by molar-refractivity contribution is 7.10. The molecule has 1 heterocycles. The fourth-order valence-electron chi connectivity index (χ4n) is 1.82. The van der Waals surface area contributed by atoms with Crippen LogP contribution in [0.2, 0.25) is 0 Å². The summed E-state index contributed by atoms with van der Waals surface area (Å²) in [5.74, 6) is 0. The number of rotatable bonds is 9. The van der Waals surface area contributed by atoms with Crippen LogP contribution in [0, 0.1) is 6.92 Å². The van der Waals surface area contributed by atoms with E-state index >= 15 is 0 Å². The maximum Gasteiger partial charge on any atom is 0.261 e. The average molecular weight is 277 g/mol. The first-order valence-corrected chi connectivity index (χ1v) is 7.16. The molecule has 0 amide bonds. The smallest absolute Gasteiger partial charge is 0.261 e. The molecule has 0 spiro atoms. The molecular formula is C13H21F2NOS. The van der Waals surface area contributed by atoms with Crippen molar-refractivity contribution in [1.82, 2.24) is 5.32 Å². The molecule has 0 fully saturated rings. The molecule has 2 nitrogen and oxygen atoms in total. The average Bonchev–Trinajstić information content (AvgIpc) is 2.74. The molecule has 104 valence electrons. The fourth-order valence-corrected chi connectivity index (χ4v) is 2.58. The Hall–Kier alpha value is -0.520. The number of thiophene rings is 1. The van der Waals surface area contributed by atoms with Crippen molar-refractivity contribution in [3.8, 4) is 0 Å². The van der Waals surface area contributed by atoms with Gasteiger partial charge in [0.15, 0.2) is 0 Å². The predicted octanol–water partition coefficient (Wildman–Crippen LogP) is 3.77. The summed E-state index contributed by atoms with van der Waals surface area (Å²) in [5.41, 5.74) is 1.26. The van der Waals surface area contributed by atoms with E-state index in [4.69, 9.17) is 4.74 Å². The molecule has 5 heteroatoms. The minimum absolute atomic E-state index is 0.203. The Bertz CT molecular complexity index is 331. The van der Waals surface area contributed by atoms with Crippen LogP contribution in [0.25, 0.3) is 0 Å². The highest BCUT2D eigenvalue weighted by atomic mass is 32.1. The Balaban J connectivity index is 2.44. The molecule has 1 rings (SSSR count). The van der Waals surface area contributed by atoms with Gasteiger partial charge in [0.1, 0.15) is 6.61 Å². The lowest BCUT2D eigenvalue weighted by atomic mass is 10.1. The quantitative estimate of drug-likeness (QED) is 0.694. The molecule has 1 unspecified atom stereocenters. The van der Waals surface area contributed by atoms with Crippen LogP contribution in [0.4, 0.5) is 8.78 Å². The van der Waals surface area contributed by atoms with E-state index in [-0.39, 0.29) is 6.04 Å². The van der Waals surface area contributed by atoms with Gasteiger partial charge in [0.05, 0.1) is 0 Å². The largest absolute Gasteiger partial charge is 0.375 e. The van der Waals surface area contributed by atoms with Gasteiger partial charge in [-0.3, -0.25) is 0 Å². The molecule has 0 saturated heterocycles. The number of halogens is 2. The molecule has 1 aromatic rings. The molecule has 0 aromatic carbocycles. The van der Waals surface area contributed by atoms with E-state index in [1.807, 2.05) is 0 Å². The van der Waals surface area contributed by atoms with E-state index in [9.17, 15) is 8.78 Å². The second kappa shape index (κ2) is 8.56. The normalized spacial score (nSPS) is 13.2. The van der Waals surface area contributed by atoms with Gasteiger partial charge in [-0.1, -0.05) is 6.92 Å². The number of alkyl halides is 2. The lowest BCUT2D eigenvalue weighted by molar-refractivity contribution is 0.0143. The maximum atomic E-state index is 12.0. The van der Waals surface area contributed by atoms with Gasteiger partial charge in [0.2, 0.25) is 0 Å². The SMILES string of the molecule is CCCNC(CCOCC(F)F)c1ccsc1C. The van der Waals surface area contributed by atoms with Gasteiger partial charge in [-0.05, 0) is 43.3 Å². The summed E-state index contributed by atoms with van der Waals surface area (Å²) < 4.78 is 28.9. The van der Waals surface area contributed by atoms with E-state index in [1.165, 1.54) is 10.4 Å². The highest BCUT2D eigenvalue weighted by Crippen LogP contribution is 2.25. The van der Waals surface area contributed by atoms with E-state index in [0.29, 0.717) is 6.61 Å². The summed E-state index contributed by atoms with van der Waals surface area (Å²) in [7, 11) is 0. The van der Waals surface area contributed by atoms with E-state index in [1.54, 1.807) is 11.3 Å². The number of nitrogens with one attached hydrogen (secondary N) is 1. The van der Waals surface area contributed by atoms with Gasteiger partial charge < -0.3 is 10.1 Å². The Morgan fingerprint density at radius 2 is 2.22 bits per heavy atom. The Labute approximate surface area is 111 Å². The van der Waals surface area contributed by atoms with Crippen molar-refractivity contribution in [2.75, 3.05) is 19.8 Å². The maximum absolute atomic E-state index is 12.0. The lowest BCUT2D eigenvalue weighted by Crippen LogP contribution is -2.24. The molecule has 1 atom stereocenters. The van der Waals surface area contributed by atoms with Crippen molar-refractivity contribution in [3.05, 3.63) is 21.9 Å². The second-order valence-corrected chi connectivity index (χ2v) is 5.31. The summed E-state index contributed by atoms with van der Waals surface area (Å²) in [4.78, 5) is 1.28. The van der Waals surface area contributed by atoms with E-state index in [2.05, 4.69) is 30.6 Å². The van der Waals surface area contributed by atoms with Crippen LogP contribution >= 0.6 is 11.3 Å². The van der Waals surface area contributed by atoms with Crippen LogP contribution < -0.4 is 5.32 Å². The summed E-state index contributed by atoms with van der Waals surface area (Å²) in [6.45, 7) is 5.01. The van der Waals surface area contributed by atoms with Crippen LogP contribution in [0.5, 0.6) is 0 Å². The van der Waals surface area contributed by atoms with Crippen molar-refractivity contribution in [3.63, 3.8) is 0 Å². The number of hydrogen-bond acceptors (Lipinski definition) is 3. The fraction of sp³-hybridized carbons (Fsp3) is 0.692. The van der Waals surface area contributed by atoms with Gasteiger partial charge in [0.25, 0.3) is 6.43 Å². The second-order valence-electron chi connectivity index (χ2n) is 4.19. The van der Waals surface area contributed by atoms with Gasteiger partial charge in [0, 0.05) is 17.5 Å². The third-order valence-electron chi connectivity index (χ3n) is 2.71. The minimum Gasteiger partial charge on any atom is -0.375 e. The van der Waals surface area contributed by atoms with Crippen molar-refractivity contribution in [2.24, 2.45) is 0 Å². The topological polar surface area (TPSA) is 21.3 Å². The van der Waals surface area contributed by atoms with Crippen LogP contribution in [-0.2, 0) is 4.74 Å². The first-order valence-electron chi connectivity index (χ1n) is 6.28. The molecular weight excluding hydrogens is 256 g/mol. The van der Waals surface area contributed by atoms with Gasteiger partial charge in [-0.25, -0.2) is 8.78 Å².